The quantitative estimate of drug-likeness (QED) is 0.863. The number of halogens is 1. The molecule has 1 aliphatic rings. The minimum atomic E-state index is -0.0741. The molecule has 6 heteroatoms. The van der Waals surface area contributed by atoms with E-state index in [1.165, 1.54) is 0 Å². The second kappa shape index (κ2) is 8.99. The van der Waals surface area contributed by atoms with Gasteiger partial charge in [0, 0.05) is 18.2 Å². The molecule has 1 fully saturated rings. The van der Waals surface area contributed by atoms with Crippen molar-refractivity contribution < 1.29 is 14.3 Å². The number of piperidine rings is 1. The van der Waals surface area contributed by atoms with Crippen molar-refractivity contribution >= 4 is 18.3 Å². The van der Waals surface area contributed by atoms with Crippen LogP contribution in [0.25, 0.3) is 0 Å². The summed E-state index contributed by atoms with van der Waals surface area (Å²) in [5.74, 6) is 1.64. The van der Waals surface area contributed by atoms with E-state index in [4.69, 9.17) is 9.47 Å². The Labute approximate surface area is 144 Å². The Morgan fingerprint density at radius 2 is 2.09 bits per heavy atom. The van der Waals surface area contributed by atoms with Gasteiger partial charge in [-0.2, -0.15) is 0 Å². The fraction of sp³-hybridized carbons (Fsp3) is 0.588. The molecule has 1 aliphatic heterocycles. The summed E-state index contributed by atoms with van der Waals surface area (Å²) in [6.45, 7) is 7.92. The Kier molecular flexibility index (Phi) is 7.65. The molecular weight excluding hydrogens is 316 g/mol. The molecule has 0 radical (unpaired) electrons. The number of carbonyl (C=O) groups excluding carboxylic acids is 1. The number of methoxy groups -OCH3 is 1. The zero-order valence-electron chi connectivity index (χ0n) is 14.2. The van der Waals surface area contributed by atoms with E-state index in [0.717, 1.165) is 19.5 Å². The third kappa shape index (κ3) is 5.29. The normalized spacial score (nSPS) is 20.6. The molecule has 2 unspecified atom stereocenters. The van der Waals surface area contributed by atoms with Gasteiger partial charge in [-0.15, -0.1) is 12.4 Å². The summed E-state index contributed by atoms with van der Waals surface area (Å²) in [7, 11) is 1.58. The number of hydrogen-bond donors (Lipinski definition) is 2. The lowest BCUT2D eigenvalue weighted by atomic mass is 9.94. The summed E-state index contributed by atoms with van der Waals surface area (Å²) >= 11 is 0. The largest absolute Gasteiger partial charge is 0.493 e. The number of rotatable bonds is 5. The molecule has 2 atom stereocenters. The van der Waals surface area contributed by atoms with E-state index in [1.807, 2.05) is 13.8 Å². The van der Waals surface area contributed by atoms with Crippen LogP contribution in [0.15, 0.2) is 18.2 Å². The first-order valence-electron chi connectivity index (χ1n) is 7.87. The van der Waals surface area contributed by atoms with E-state index in [2.05, 4.69) is 17.6 Å². The first-order valence-corrected chi connectivity index (χ1v) is 7.87. The predicted molar refractivity (Wildman–Crippen MR) is 93.9 cm³/mol. The van der Waals surface area contributed by atoms with Crippen LogP contribution >= 0.6 is 12.4 Å². The van der Waals surface area contributed by atoms with Crippen LogP contribution in [0.1, 0.15) is 37.6 Å². The predicted octanol–water partition coefficient (Wildman–Crippen LogP) is 2.63. The minimum Gasteiger partial charge on any atom is -0.493 e. The van der Waals surface area contributed by atoms with Crippen LogP contribution in [0.3, 0.4) is 0 Å². The summed E-state index contributed by atoms with van der Waals surface area (Å²) in [6, 6.07) is 5.46. The number of amides is 1. The first-order chi connectivity index (χ1) is 10.5. The zero-order valence-corrected chi connectivity index (χ0v) is 15.0. The van der Waals surface area contributed by atoms with Crippen molar-refractivity contribution in [2.24, 2.45) is 5.92 Å². The molecule has 1 amide bonds. The molecule has 1 aromatic carbocycles. The molecule has 0 saturated carbocycles. The van der Waals surface area contributed by atoms with Crippen molar-refractivity contribution in [1.82, 2.24) is 10.6 Å². The van der Waals surface area contributed by atoms with Gasteiger partial charge in [0.1, 0.15) is 0 Å². The monoisotopic (exact) mass is 342 g/mol. The van der Waals surface area contributed by atoms with Crippen LogP contribution in [0.5, 0.6) is 11.5 Å². The average molecular weight is 343 g/mol. The van der Waals surface area contributed by atoms with Crippen LogP contribution in [0.2, 0.25) is 0 Å². The molecule has 23 heavy (non-hydrogen) atoms. The zero-order chi connectivity index (χ0) is 16.1. The van der Waals surface area contributed by atoms with Crippen LogP contribution in [-0.2, 0) is 0 Å². The number of benzene rings is 1. The van der Waals surface area contributed by atoms with Crippen molar-refractivity contribution in [1.29, 1.82) is 0 Å². The Morgan fingerprint density at radius 3 is 2.70 bits per heavy atom. The number of ether oxygens (including phenoxy) is 2. The molecule has 5 nitrogen and oxygen atoms in total. The van der Waals surface area contributed by atoms with E-state index in [9.17, 15) is 4.79 Å². The Balaban J connectivity index is 0.00000264. The molecule has 1 heterocycles. The Bertz CT molecular complexity index is 523. The lowest BCUT2D eigenvalue weighted by Crippen LogP contribution is -2.50. The minimum absolute atomic E-state index is 0. The van der Waals surface area contributed by atoms with E-state index in [-0.39, 0.29) is 30.5 Å². The van der Waals surface area contributed by atoms with Gasteiger partial charge in [-0.05, 0) is 50.9 Å². The highest BCUT2D eigenvalue weighted by atomic mass is 35.5. The third-order valence-electron chi connectivity index (χ3n) is 3.93. The summed E-state index contributed by atoms with van der Waals surface area (Å²) in [6.07, 6.45) is 1.14. The van der Waals surface area contributed by atoms with Crippen LogP contribution in [-0.4, -0.2) is 38.3 Å². The lowest BCUT2D eigenvalue weighted by molar-refractivity contribution is 0.0915. The van der Waals surface area contributed by atoms with Crippen molar-refractivity contribution in [2.45, 2.75) is 39.3 Å². The summed E-state index contributed by atoms with van der Waals surface area (Å²) in [4.78, 5) is 12.4. The maximum atomic E-state index is 12.4. The molecule has 1 aromatic rings. The smallest absolute Gasteiger partial charge is 0.251 e. The molecule has 130 valence electrons. The molecule has 0 spiro atoms. The number of nitrogens with one attached hydrogen (secondary N) is 2. The fourth-order valence-electron chi connectivity index (χ4n) is 2.59. The van der Waals surface area contributed by atoms with Gasteiger partial charge in [0.25, 0.3) is 5.91 Å². The lowest BCUT2D eigenvalue weighted by Gasteiger charge is -2.30. The molecule has 0 aliphatic carbocycles. The van der Waals surface area contributed by atoms with Gasteiger partial charge in [-0.3, -0.25) is 4.79 Å². The van der Waals surface area contributed by atoms with Crippen LogP contribution in [0.4, 0.5) is 0 Å². The maximum absolute atomic E-state index is 12.4. The maximum Gasteiger partial charge on any atom is 0.251 e. The van der Waals surface area contributed by atoms with E-state index >= 15 is 0 Å². The van der Waals surface area contributed by atoms with Crippen molar-refractivity contribution in [3.8, 4) is 11.5 Å². The van der Waals surface area contributed by atoms with E-state index < -0.39 is 0 Å². The summed E-state index contributed by atoms with van der Waals surface area (Å²) in [5.41, 5.74) is 0.589. The van der Waals surface area contributed by atoms with E-state index in [1.54, 1.807) is 25.3 Å². The van der Waals surface area contributed by atoms with Crippen LogP contribution in [0, 0.1) is 5.92 Å². The molecule has 0 bridgehead atoms. The molecule has 2 rings (SSSR count). The van der Waals surface area contributed by atoms with Gasteiger partial charge < -0.3 is 20.1 Å². The molecule has 1 saturated heterocycles. The number of carbonyl (C=O) groups is 1. The first kappa shape index (κ1) is 19.6. The fourth-order valence-corrected chi connectivity index (χ4v) is 2.59. The van der Waals surface area contributed by atoms with Gasteiger partial charge in [-0.25, -0.2) is 0 Å². The van der Waals surface area contributed by atoms with Gasteiger partial charge >= 0.3 is 0 Å². The van der Waals surface area contributed by atoms with Crippen molar-refractivity contribution in [2.75, 3.05) is 20.2 Å². The second-order valence-electron chi connectivity index (χ2n) is 6.08. The highest BCUT2D eigenvalue weighted by molar-refractivity contribution is 5.95. The van der Waals surface area contributed by atoms with Gasteiger partial charge in [0.15, 0.2) is 11.5 Å². The summed E-state index contributed by atoms with van der Waals surface area (Å²) in [5, 5.41) is 6.41. The standard InChI is InChI=1S/C17H26N2O3.ClH/c1-11(2)22-15-6-5-13(9-16(15)21-4)17(20)19-14-10-18-8-7-12(14)3;/h5-6,9,11-12,14,18H,7-8,10H2,1-4H3,(H,19,20);1H. The topological polar surface area (TPSA) is 59.6 Å². The van der Waals surface area contributed by atoms with Crippen molar-refractivity contribution in [3.63, 3.8) is 0 Å². The number of hydrogen-bond acceptors (Lipinski definition) is 4. The average Bonchev–Trinajstić information content (AvgIpc) is 2.49. The SMILES string of the molecule is COc1cc(C(=O)NC2CNCCC2C)ccc1OC(C)C.Cl. The van der Waals surface area contributed by atoms with Crippen molar-refractivity contribution in [3.05, 3.63) is 23.8 Å². The molecule has 2 N–H and O–H groups in total. The van der Waals surface area contributed by atoms with Crippen LogP contribution < -0.4 is 20.1 Å². The second-order valence-corrected chi connectivity index (χ2v) is 6.08. The van der Waals surface area contributed by atoms with Gasteiger partial charge in [-0.1, -0.05) is 6.92 Å². The summed E-state index contributed by atoms with van der Waals surface area (Å²) < 4.78 is 11.0. The van der Waals surface area contributed by atoms with E-state index in [0.29, 0.717) is 23.0 Å². The Morgan fingerprint density at radius 1 is 1.35 bits per heavy atom. The highest BCUT2D eigenvalue weighted by Crippen LogP contribution is 2.29. The molecular formula is C17H27ClN2O3. The Hall–Kier alpha value is -1.46. The molecule has 0 aromatic heterocycles. The highest BCUT2D eigenvalue weighted by Gasteiger charge is 2.23. The third-order valence-corrected chi connectivity index (χ3v) is 3.93. The van der Waals surface area contributed by atoms with Gasteiger partial charge in [0.2, 0.25) is 0 Å². The van der Waals surface area contributed by atoms with Gasteiger partial charge in [0.05, 0.1) is 13.2 Å².